The van der Waals surface area contributed by atoms with Crippen molar-refractivity contribution in [2.45, 2.75) is 12.5 Å². The first-order valence-corrected chi connectivity index (χ1v) is 5.47. The first kappa shape index (κ1) is 11.1. The SMILES string of the molecule is NC(=O)c1ccccc1CC1CNCCO1. The van der Waals surface area contributed by atoms with E-state index in [-0.39, 0.29) is 12.0 Å². The molecule has 1 aliphatic heterocycles. The second-order valence-corrected chi connectivity index (χ2v) is 3.92. The molecule has 1 atom stereocenters. The fraction of sp³-hybridized carbons (Fsp3) is 0.417. The van der Waals surface area contributed by atoms with Gasteiger partial charge in [-0.2, -0.15) is 0 Å². The van der Waals surface area contributed by atoms with Crippen LogP contribution in [0.1, 0.15) is 15.9 Å². The van der Waals surface area contributed by atoms with Crippen molar-refractivity contribution < 1.29 is 9.53 Å². The first-order valence-electron chi connectivity index (χ1n) is 5.47. The summed E-state index contributed by atoms with van der Waals surface area (Å²) in [5.74, 6) is -0.376. The van der Waals surface area contributed by atoms with Crippen LogP contribution >= 0.6 is 0 Å². The lowest BCUT2D eigenvalue weighted by atomic mass is 10.0. The number of morpholine rings is 1. The minimum atomic E-state index is -0.376. The van der Waals surface area contributed by atoms with E-state index in [0.29, 0.717) is 5.56 Å². The molecule has 1 unspecified atom stereocenters. The van der Waals surface area contributed by atoms with Crippen molar-refractivity contribution in [1.29, 1.82) is 0 Å². The van der Waals surface area contributed by atoms with Crippen molar-refractivity contribution in [3.05, 3.63) is 35.4 Å². The number of carbonyl (C=O) groups is 1. The highest BCUT2D eigenvalue weighted by Gasteiger charge is 2.16. The number of rotatable bonds is 3. The highest BCUT2D eigenvalue weighted by atomic mass is 16.5. The molecule has 1 fully saturated rings. The summed E-state index contributed by atoms with van der Waals surface area (Å²) in [4.78, 5) is 11.2. The van der Waals surface area contributed by atoms with Crippen LogP contribution in [0.25, 0.3) is 0 Å². The summed E-state index contributed by atoms with van der Waals surface area (Å²) in [7, 11) is 0. The highest BCUT2D eigenvalue weighted by Crippen LogP contribution is 2.13. The second kappa shape index (κ2) is 5.09. The van der Waals surface area contributed by atoms with E-state index >= 15 is 0 Å². The van der Waals surface area contributed by atoms with Gasteiger partial charge in [0, 0.05) is 25.1 Å². The number of carbonyl (C=O) groups excluding carboxylic acids is 1. The molecule has 1 saturated heterocycles. The van der Waals surface area contributed by atoms with Crippen molar-refractivity contribution in [1.82, 2.24) is 5.32 Å². The van der Waals surface area contributed by atoms with Crippen LogP contribution in [0.15, 0.2) is 24.3 Å². The molecule has 1 aliphatic rings. The number of amides is 1. The van der Waals surface area contributed by atoms with Gasteiger partial charge in [-0.1, -0.05) is 18.2 Å². The average molecular weight is 220 g/mol. The predicted molar refractivity (Wildman–Crippen MR) is 61.3 cm³/mol. The Kier molecular flexibility index (Phi) is 3.54. The lowest BCUT2D eigenvalue weighted by Gasteiger charge is -2.24. The third-order valence-electron chi connectivity index (χ3n) is 2.73. The van der Waals surface area contributed by atoms with E-state index < -0.39 is 0 Å². The molecule has 3 N–H and O–H groups in total. The minimum absolute atomic E-state index is 0.134. The molecule has 0 aliphatic carbocycles. The Morgan fingerprint density at radius 1 is 1.50 bits per heavy atom. The zero-order valence-electron chi connectivity index (χ0n) is 9.11. The molecule has 0 spiro atoms. The molecule has 1 aromatic rings. The Morgan fingerprint density at radius 2 is 2.31 bits per heavy atom. The van der Waals surface area contributed by atoms with E-state index in [1.165, 1.54) is 0 Å². The second-order valence-electron chi connectivity index (χ2n) is 3.92. The molecule has 1 aromatic carbocycles. The van der Waals surface area contributed by atoms with Gasteiger partial charge in [-0.05, 0) is 11.6 Å². The largest absolute Gasteiger partial charge is 0.375 e. The van der Waals surface area contributed by atoms with Gasteiger partial charge in [0.2, 0.25) is 5.91 Å². The fourth-order valence-electron chi connectivity index (χ4n) is 1.93. The van der Waals surface area contributed by atoms with Crippen LogP contribution in [-0.4, -0.2) is 31.7 Å². The third-order valence-corrected chi connectivity index (χ3v) is 2.73. The number of primary amides is 1. The summed E-state index contributed by atoms with van der Waals surface area (Å²) < 4.78 is 5.60. The van der Waals surface area contributed by atoms with Gasteiger partial charge in [0.05, 0.1) is 12.7 Å². The lowest BCUT2D eigenvalue weighted by Crippen LogP contribution is -2.39. The van der Waals surface area contributed by atoms with Crippen LogP contribution in [0.2, 0.25) is 0 Å². The van der Waals surface area contributed by atoms with Gasteiger partial charge in [-0.25, -0.2) is 0 Å². The summed E-state index contributed by atoms with van der Waals surface area (Å²) in [5, 5.41) is 3.26. The molecule has 16 heavy (non-hydrogen) atoms. The highest BCUT2D eigenvalue weighted by molar-refractivity contribution is 5.94. The van der Waals surface area contributed by atoms with Gasteiger partial charge in [-0.15, -0.1) is 0 Å². The Balaban J connectivity index is 2.10. The Labute approximate surface area is 94.8 Å². The van der Waals surface area contributed by atoms with E-state index in [4.69, 9.17) is 10.5 Å². The maximum absolute atomic E-state index is 11.2. The van der Waals surface area contributed by atoms with Gasteiger partial charge in [-0.3, -0.25) is 4.79 Å². The number of ether oxygens (including phenoxy) is 1. The Morgan fingerprint density at radius 3 is 3.00 bits per heavy atom. The first-order chi connectivity index (χ1) is 7.77. The molecule has 1 amide bonds. The fourth-order valence-corrected chi connectivity index (χ4v) is 1.93. The maximum Gasteiger partial charge on any atom is 0.248 e. The van der Waals surface area contributed by atoms with Gasteiger partial charge in [0.1, 0.15) is 0 Å². The van der Waals surface area contributed by atoms with Gasteiger partial charge in [0.15, 0.2) is 0 Å². The summed E-state index contributed by atoms with van der Waals surface area (Å²) in [6.07, 6.45) is 0.862. The van der Waals surface area contributed by atoms with Crippen LogP contribution in [0.4, 0.5) is 0 Å². The van der Waals surface area contributed by atoms with Gasteiger partial charge < -0.3 is 15.8 Å². The number of nitrogens with one attached hydrogen (secondary N) is 1. The molecule has 4 nitrogen and oxygen atoms in total. The van der Waals surface area contributed by atoms with Crippen molar-refractivity contribution in [3.8, 4) is 0 Å². The van der Waals surface area contributed by atoms with E-state index in [2.05, 4.69) is 5.32 Å². The summed E-state index contributed by atoms with van der Waals surface area (Å²) in [6.45, 7) is 2.45. The standard InChI is InChI=1S/C12H16N2O2/c13-12(15)11-4-2-1-3-9(11)7-10-8-14-5-6-16-10/h1-4,10,14H,5-8H2,(H2,13,15). The summed E-state index contributed by atoms with van der Waals surface area (Å²) >= 11 is 0. The molecule has 0 bridgehead atoms. The molecular formula is C12H16N2O2. The lowest BCUT2D eigenvalue weighted by molar-refractivity contribution is 0.0291. The quantitative estimate of drug-likeness (QED) is 0.771. The van der Waals surface area contributed by atoms with E-state index in [1.807, 2.05) is 18.2 Å². The zero-order chi connectivity index (χ0) is 11.4. The van der Waals surface area contributed by atoms with Crippen LogP contribution in [0.5, 0.6) is 0 Å². The van der Waals surface area contributed by atoms with Crippen LogP contribution in [0.3, 0.4) is 0 Å². The average Bonchev–Trinajstić information content (AvgIpc) is 2.31. The van der Waals surface area contributed by atoms with E-state index in [0.717, 1.165) is 31.7 Å². The molecule has 0 aromatic heterocycles. The predicted octanol–water partition coefficient (Wildman–Crippen LogP) is 0.316. The molecular weight excluding hydrogens is 204 g/mol. The summed E-state index contributed by atoms with van der Waals surface area (Å²) in [6, 6.07) is 7.42. The topological polar surface area (TPSA) is 64.4 Å². The zero-order valence-corrected chi connectivity index (χ0v) is 9.11. The Hall–Kier alpha value is -1.39. The van der Waals surface area contributed by atoms with Crippen molar-refractivity contribution in [3.63, 3.8) is 0 Å². The van der Waals surface area contributed by atoms with Crippen LogP contribution in [-0.2, 0) is 11.2 Å². The molecule has 0 saturated carbocycles. The summed E-state index contributed by atoms with van der Waals surface area (Å²) in [5.41, 5.74) is 6.88. The van der Waals surface area contributed by atoms with Gasteiger partial charge in [0.25, 0.3) is 0 Å². The molecule has 0 radical (unpaired) electrons. The molecule has 1 heterocycles. The normalized spacial score (nSPS) is 20.6. The maximum atomic E-state index is 11.2. The molecule has 2 rings (SSSR count). The van der Waals surface area contributed by atoms with Crippen molar-refractivity contribution in [2.24, 2.45) is 5.73 Å². The van der Waals surface area contributed by atoms with E-state index in [1.54, 1.807) is 6.07 Å². The number of nitrogens with two attached hydrogens (primary N) is 1. The number of hydrogen-bond donors (Lipinski definition) is 2. The third kappa shape index (κ3) is 2.59. The molecule has 86 valence electrons. The van der Waals surface area contributed by atoms with E-state index in [9.17, 15) is 4.79 Å². The van der Waals surface area contributed by atoms with Gasteiger partial charge >= 0.3 is 0 Å². The number of benzene rings is 1. The monoisotopic (exact) mass is 220 g/mol. The van der Waals surface area contributed by atoms with Crippen molar-refractivity contribution in [2.75, 3.05) is 19.7 Å². The smallest absolute Gasteiger partial charge is 0.248 e. The minimum Gasteiger partial charge on any atom is -0.375 e. The van der Waals surface area contributed by atoms with Crippen LogP contribution < -0.4 is 11.1 Å². The van der Waals surface area contributed by atoms with Crippen molar-refractivity contribution >= 4 is 5.91 Å². The number of hydrogen-bond acceptors (Lipinski definition) is 3. The van der Waals surface area contributed by atoms with Crippen LogP contribution in [0, 0.1) is 0 Å². The molecule has 4 heteroatoms. The Bertz CT molecular complexity index is 373.